The van der Waals surface area contributed by atoms with Crippen molar-refractivity contribution in [1.82, 2.24) is 29.9 Å². The second-order valence-electron chi connectivity index (χ2n) is 7.86. The van der Waals surface area contributed by atoms with Gasteiger partial charge in [0, 0.05) is 24.9 Å². The number of carbonyl (C=O) groups is 1. The van der Waals surface area contributed by atoms with Crippen LogP contribution in [0.3, 0.4) is 0 Å². The number of nitrogens with one attached hydrogen (secondary N) is 1. The van der Waals surface area contributed by atoms with Crippen molar-refractivity contribution in [2.75, 3.05) is 13.1 Å². The molecule has 5 rings (SSSR count). The Kier molecular flexibility index (Phi) is 6.09. The highest BCUT2D eigenvalue weighted by Gasteiger charge is 2.26. The number of para-hydroxylation sites is 1. The predicted octanol–water partition coefficient (Wildman–Crippen LogP) is 3.51. The minimum absolute atomic E-state index is 0.0241. The fourth-order valence-electron chi connectivity index (χ4n) is 4.01. The summed E-state index contributed by atoms with van der Waals surface area (Å²) in [5.74, 6) is 1.39. The molecular weight excluding hydrogens is 424 g/mol. The van der Waals surface area contributed by atoms with Gasteiger partial charge in [-0.05, 0) is 49.0 Å². The predicted molar refractivity (Wildman–Crippen MR) is 121 cm³/mol. The van der Waals surface area contributed by atoms with Crippen LogP contribution in [-0.4, -0.2) is 43.6 Å². The number of aromatic nitrogens is 4. The van der Waals surface area contributed by atoms with Crippen molar-refractivity contribution >= 4 is 17.2 Å². The number of thiophene rings is 1. The van der Waals surface area contributed by atoms with E-state index in [1.165, 1.54) is 0 Å². The number of imidazole rings is 1. The maximum atomic E-state index is 12.8. The van der Waals surface area contributed by atoms with Gasteiger partial charge in [0.2, 0.25) is 17.6 Å². The van der Waals surface area contributed by atoms with Crippen LogP contribution in [0.2, 0.25) is 0 Å². The van der Waals surface area contributed by atoms with Gasteiger partial charge in [0.1, 0.15) is 0 Å². The van der Waals surface area contributed by atoms with E-state index in [-0.39, 0.29) is 11.8 Å². The highest BCUT2D eigenvalue weighted by Crippen LogP contribution is 2.23. The molecule has 1 aliphatic heterocycles. The molecule has 0 saturated carbocycles. The topological polar surface area (TPSA) is 89.1 Å². The van der Waals surface area contributed by atoms with E-state index in [9.17, 15) is 4.79 Å². The number of hydrogen-bond donors (Lipinski definition) is 1. The highest BCUT2D eigenvalue weighted by molar-refractivity contribution is 7.13. The molecule has 0 unspecified atom stereocenters. The third-order valence-corrected chi connectivity index (χ3v) is 6.62. The quantitative estimate of drug-likeness (QED) is 0.465. The molecule has 32 heavy (non-hydrogen) atoms. The third kappa shape index (κ3) is 4.63. The number of amides is 1. The SMILES string of the molecule is O=C(NCc1ccccc1-n1ccnc1)C1CCN(Cc2nc(-c3cccs3)no2)CC1. The number of piperidine rings is 1. The summed E-state index contributed by atoms with van der Waals surface area (Å²) in [4.78, 5) is 24.7. The summed E-state index contributed by atoms with van der Waals surface area (Å²) in [6.07, 6.45) is 7.06. The number of likely N-dealkylation sites (tertiary alicyclic amines) is 1. The summed E-state index contributed by atoms with van der Waals surface area (Å²) in [5, 5.41) is 9.19. The molecule has 0 atom stereocenters. The Morgan fingerprint density at radius 1 is 1.19 bits per heavy atom. The standard InChI is InChI=1S/C23H24N6O2S/c30-23(25-14-18-4-1-2-5-19(18)29-12-9-24-16-29)17-7-10-28(11-8-17)15-21-26-22(27-31-21)20-6-3-13-32-20/h1-6,9,12-13,16-17H,7-8,10-11,14-15H2,(H,25,30). The summed E-state index contributed by atoms with van der Waals surface area (Å²) in [7, 11) is 0. The zero-order valence-electron chi connectivity index (χ0n) is 17.6. The summed E-state index contributed by atoms with van der Waals surface area (Å²) in [6, 6.07) is 12.0. The van der Waals surface area contributed by atoms with Crippen molar-refractivity contribution in [3.63, 3.8) is 0 Å². The Morgan fingerprint density at radius 2 is 2.06 bits per heavy atom. The van der Waals surface area contributed by atoms with E-state index >= 15 is 0 Å². The van der Waals surface area contributed by atoms with Crippen LogP contribution in [0.1, 0.15) is 24.3 Å². The first-order valence-electron chi connectivity index (χ1n) is 10.7. The Bertz CT molecular complexity index is 1150. The molecule has 1 fully saturated rings. The van der Waals surface area contributed by atoms with Gasteiger partial charge in [-0.3, -0.25) is 9.69 Å². The van der Waals surface area contributed by atoms with Gasteiger partial charge in [-0.25, -0.2) is 4.98 Å². The van der Waals surface area contributed by atoms with E-state index in [4.69, 9.17) is 4.52 Å². The van der Waals surface area contributed by atoms with Crippen molar-refractivity contribution in [3.05, 3.63) is 72.0 Å². The molecule has 164 valence electrons. The fraction of sp³-hybridized carbons (Fsp3) is 0.304. The van der Waals surface area contributed by atoms with Crippen molar-refractivity contribution < 1.29 is 9.32 Å². The molecule has 1 amide bonds. The van der Waals surface area contributed by atoms with E-state index in [0.29, 0.717) is 24.8 Å². The van der Waals surface area contributed by atoms with E-state index in [1.807, 2.05) is 52.5 Å². The van der Waals surface area contributed by atoms with Crippen LogP contribution in [0, 0.1) is 5.92 Å². The van der Waals surface area contributed by atoms with E-state index < -0.39 is 0 Å². The molecule has 3 aromatic heterocycles. The summed E-state index contributed by atoms with van der Waals surface area (Å²) >= 11 is 1.59. The first-order valence-corrected chi connectivity index (χ1v) is 11.6. The molecule has 4 heterocycles. The lowest BCUT2D eigenvalue weighted by Crippen LogP contribution is -2.40. The summed E-state index contributed by atoms with van der Waals surface area (Å²) < 4.78 is 7.37. The molecule has 8 nitrogen and oxygen atoms in total. The van der Waals surface area contributed by atoms with Crippen molar-refractivity contribution in [1.29, 1.82) is 0 Å². The van der Waals surface area contributed by atoms with Gasteiger partial charge < -0.3 is 14.4 Å². The van der Waals surface area contributed by atoms with Gasteiger partial charge in [-0.15, -0.1) is 11.3 Å². The van der Waals surface area contributed by atoms with E-state index in [2.05, 4.69) is 25.3 Å². The highest BCUT2D eigenvalue weighted by atomic mass is 32.1. The lowest BCUT2D eigenvalue weighted by atomic mass is 9.96. The van der Waals surface area contributed by atoms with Gasteiger partial charge in [-0.1, -0.05) is 29.4 Å². The first kappa shape index (κ1) is 20.6. The van der Waals surface area contributed by atoms with Crippen LogP contribution < -0.4 is 5.32 Å². The molecule has 4 aromatic rings. The number of nitrogens with zero attached hydrogens (tertiary/aromatic N) is 5. The van der Waals surface area contributed by atoms with Gasteiger partial charge in [-0.2, -0.15) is 4.98 Å². The zero-order chi connectivity index (χ0) is 21.8. The Morgan fingerprint density at radius 3 is 2.84 bits per heavy atom. The maximum absolute atomic E-state index is 12.8. The van der Waals surface area contributed by atoms with Gasteiger partial charge in [0.15, 0.2) is 0 Å². The van der Waals surface area contributed by atoms with Gasteiger partial charge >= 0.3 is 0 Å². The molecular formula is C23H24N6O2S. The Hall–Kier alpha value is -3.30. The van der Waals surface area contributed by atoms with Crippen LogP contribution in [-0.2, 0) is 17.9 Å². The average molecular weight is 449 g/mol. The molecule has 1 saturated heterocycles. The van der Waals surface area contributed by atoms with Crippen LogP contribution in [0.5, 0.6) is 0 Å². The second-order valence-corrected chi connectivity index (χ2v) is 8.80. The monoisotopic (exact) mass is 448 g/mol. The molecule has 1 aliphatic rings. The van der Waals surface area contributed by atoms with Crippen LogP contribution in [0.25, 0.3) is 16.4 Å². The van der Waals surface area contributed by atoms with Crippen LogP contribution >= 0.6 is 11.3 Å². The minimum atomic E-state index is 0.0241. The molecule has 0 aliphatic carbocycles. The first-order chi connectivity index (χ1) is 15.8. The number of benzene rings is 1. The fourth-order valence-corrected chi connectivity index (χ4v) is 4.66. The molecule has 9 heteroatoms. The molecule has 0 bridgehead atoms. The number of hydrogen-bond acceptors (Lipinski definition) is 7. The Labute approximate surface area is 189 Å². The van der Waals surface area contributed by atoms with Crippen LogP contribution in [0.4, 0.5) is 0 Å². The lowest BCUT2D eigenvalue weighted by Gasteiger charge is -2.30. The summed E-state index contributed by atoms with van der Waals surface area (Å²) in [5.41, 5.74) is 2.09. The zero-order valence-corrected chi connectivity index (χ0v) is 18.4. The normalized spacial score (nSPS) is 15.1. The third-order valence-electron chi connectivity index (χ3n) is 5.75. The number of carbonyl (C=O) groups excluding carboxylic acids is 1. The second kappa shape index (κ2) is 9.46. The average Bonchev–Trinajstić information content (AvgIpc) is 3.61. The van der Waals surface area contributed by atoms with Gasteiger partial charge in [0.25, 0.3) is 0 Å². The van der Waals surface area contributed by atoms with Gasteiger partial charge in [0.05, 0.1) is 23.4 Å². The van der Waals surface area contributed by atoms with Crippen LogP contribution in [0.15, 0.2) is 65.0 Å². The molecule has 0 spiro atoms. The maximum Gasteiger partial charge on any atom is 0.241 e. The van der Waals surface area contributed by atoms with E-state index in [0.717, 1.165) is 42.1 Å². The number of rotatable bonds is 7. The summed E-state index contributed by atoms with van der Waals surface area (Å²) in [6.45, 7) is 2.78. The minimum Gasteiger partial charge on any atom is -0.352 e. The van der Waals surface area contributed by atoms with E-state index in [1.54, 1.807) is 23.9 Å². The van der Waals surface area contributed by atoms with Crippen molar-refractivity contribution in [3.8, 4) is 16.4 Å². The Balaban J connectivity index is 1.12. The lowest BCUT2D eigenvalue weighted by molar-refractivity contribution is -0.126. The largest absolute Gasteiger partial charge is 0.352 e. The molecule has 1 N–H and O–H groups in total. The smallest absolute Gasteiger partial charge is 0.241 e. The van der Waals surface area contributed by atoms with Crippen molar-refractivity contribution in [2.24, 2.45) is 5.92 Å². The molecule has 0 radical (unpaired) electrons. The molecule has 1 aromatic carbocycles. The van der Waals surface area contributed by atoms with Crippen molar-refractivity contribution in [2.45, 2.75) is 25.9 Å².